The third kappa shape index (κ3) is 6.10. The average molecular weight is 371 g/mol. The van der Waals surface area contributed by atoms with Crippen molar-refractivity contribution >= 4 is 28.9 Å². The number of amides is 2. The Morgan fingerprint density at radius 1 is 1.11 bits per heavy atom. The highest BCUT2D eigenvalue weighted by atomic mass is 16.6. The van der Waals surface area contributed by atoms with Crippen LogP contribution in [0.5, 0.6) is 5.75 Å². The molecule has 2 rings (SSSR count). The molecule has 142 valence electrons. The SMILES string of the molecule is CCCC(=O)Nc1cccc(NC(=O)C(C)Oc2ccc([N+](=O)[O-])cc2)c1. The molecule has 8 nitrogen and oxygen atoms in total. The number of carbonyl (C=O) groups excluding carboxylic acids is 2. The van der Waals surface area contributed by atoms with E-state index in [1.165, 1.54) is 24.3 Å². The van der Waals surface area contributed by atoms with Crippen LogP contribution in [0.2, 0.25) is 0 Å². The molecule has 0 aliphatic rings. The molecular formula is C19H21N3O5. The van der Waals surface area contributed by atoms with E-state index in [9.17, 15) is 19.7 Å². The zero-order valence-electron chi connectivity index (χ0n) is 15.1. The Morgan fingerprint density at radius 2 is 1.74 bits per heavy atom. The molecule has 0 bridgehead atoms. The molecule has 0 radical (unpaired) electrons. The van der Waals surface area contributed by atoms with Gasteiger partial charge in [-0.15, -0.1) is 0 Å². The fourth-order valence-corrected chi connectivity index (χ4v) is 2.27. The molecule has 0 saturated carbocycles. The van der Waals surface area contributed by atoms with Crippen LogP contribution in [0.25, 0.3) is 0 Å². The Balaban J connectivity index is 1.95. The van der Waals surface area contributed by atoms with Crippen molar-refractivity contribution in [2.75, 3.05) is 10.6 Å². The number of anilines is 2. The molecule has 0 aliphatic carbocycles. The fourth-order valence-electron chi connectivity index (χ4n) is 2.27. The Kier molecular flexibility index (Phi) is 6.87. The first-order chi connectivity index (χ1) is 12.9. The van der Waals surface area contributed by atoms with E-state index in [0.29, 0.717) is 23.5 Å². The number of nitrogens with one attached hydrogen (secondary N) is 2. The molecule has 0 aromatic heterocycles. The molecule has 1 unspecified atom stereocenters. The number of nitro groups is 1. The summed E-state index contributed by atoms with van der Waals surface area (Å²) >= 11 is 0. The van der Waals surface area contributed by atoms with Gasteiger partial charge in [0.1, 0.15) is 5.75 Å². The lowest BCUT2D eigenvalue weighted by molar-refractivity contribution is -0.384. The largest absolute Gasteiger partial charge is 0.481 e. The molecule has 2 aromatic rings. The van der Waals surface area contributed by atoms with Crippen LogP contribution in [0.4, 0.5) is 17.1 Å². The van der Waals surface area contributed by atoms with Crippen molar-refractivity contribution < 1.29 is 19.2 Å². The van der Waals surface area contributed by atoms with E-state index in [0.717, 1.165) is 6.42 Å². The van der Waals surface area contributed by atoms with Gasteiger partial charge in [0.15, 0.2) is 6.10 Å². The summed E-state index contributed by atoms with van der Waals surface area (Å²) in [5.41, 5.74) is 1.06. The lowest BCUT2D eigenvalue weighted by atomic mass is 10.2. The lowest BCUT2D eigenvalue weighted by Crippen LogP contribution is -2.30. The smallest absolute Gasteiger partial charge is 0.269 e. The van der Waals surface area contributed by atoms with Crippen molar-refractivity contribution in [3.63, 3.8) is 0 Å². The van der Waals surface area contributed by atoms with E-state index in [-0.39, 0.29) is 17.5 Å². The molecule has 1 atom stereocenters. The number of carbonyl (C=O) groups is 2. The van der Waals surface area contributed by atoms with Crippen molar-refractivity contribution in [3.8, 4) is 5.75 Å². The third-order valence-corrected chi connectivity index (χ3v) is 3.62. The Morgan fingerprint density at radius 3 is 2.33 bits per heavy atom. The van der Waals surface area contributed by atoms with Crippen molar-refractivity contribution in [1.82, 2.24) is 0 Å². The van der Waals surface area contributed by atoms with Crippen molar-refractivity contribution in [1.29, 1.82) is 0 Å². The molecule has 0 aliphatic heterocycles. The number of benzene rings is 2. The third-order valence-electron chi connectivity index (χ3n) is 3.62. The van der Waals surface area contributed by atoms with Gasteiger partial charge in [-0.05, 0) is 43.7 Å². The summed E-state index contributed by atoms with van der Waals surface area (Å²) in [7, 11) is 0. The first kappa shape index (κ1) is 19.9. The molecule has 27 heavy (non-hydrogen) atoms. The maximum atomic E-state index is 12.3. The maximum Gasteiger partial charge on any atom is 0.269 e. The minimum atomic E-state index is -0.815. The number of hydrogen-bond donors (Lipinski definition) is 2. The molecule has 2 amide bonds. The average Bonchev–Trinajstić information content (AvgIpc) is 2.62. The molecule has 0 saturated heterocycles. The van der Waals surface area contributed by atoms with E-state index in [4.69, 9.17) is 4.74 Å². The van der Waals surface area contributed by atoms with Gasteiger partial charge in [0, 0.05) is 29.9 Å². The minimum Gasteiger partial charge on any atom is -0.481 e. The second-order valence-corrected chi connectivity index (χ2v) is 5.88. The monoisotopic (exact) mass is 371 g/mol. The van der Waals surface area contributed by atoms with Crippen LogP contribution in [0.1, 0.15) is 26.7 Å². The van der Waals surface area contributed by atoms with Crippen LogP contribution in [-0.4, -0.2) is 22.8 Å². The molecule has 0 spiro atoms. The van der Waals surface area contributed by atoms with E-state index < -0.39 is 11.0 Å². The van der Waals surface area contributed by atoms with Crippen LogP contribution in [0, 0.1) is 10.1 Å². The van der Waals surface area contributed by atoms with Crippen LogP contribution < -0.4 is 15.4 Å². The second-order valence-electron chi connectivity index (χ2n) is 5.88. The number of ether oxygens (including phenoxy) is 1. The molecule has 8 heteroatoms. The highest BCUT2D eigenvalue weighted by molar-refractivity contribution is 5.96. The van der Waals surface area contributed by atoms with Gasteiger partial charge in [-0.3, -0.25) is 19.7 Å². The molecule has 2 N–H and O–H groups in total. The Hall–Kier alpha value is -3.42. The summed E-state index contributed by atoms with van der Waals surface area (Å²) in [6.45, 7) is 3.49. The number of non-ortho nitro benzene ring substituents is 1. The lowest BCUT2D eigenvalue weighted by Gasteiger charge is -2.15. The number of nitrogens with zero attached hydrogens (tertiary/aromatic N) is 1. The second kappa shape index (κ2) is 9.33. The van der Waals surface area contributed by atoms with Crippen LogP contribution in [-0.2, 0) is 9.59 Å². The first-order valence-electron chi connectivity index (χ1n) is 8.51. The van der Waals surface area contributed by atoms with Gasteiger partial charge in [0.25, 0.3) is 11.6 Å². The van der Waals surface area contributed by atoms with E-state index >= 15 is 0 Å². The summed E-state index contributed by atoms with van der Waals surface area (Å²) in [6, 6.07) is 12.3. The Labute approximate surface area is 156 Å². The highest BCUT2D eigenvalue weighted by Crippen LogP contribution is 2.20. The first-order valence-corrected chi connectivity index (χ1v) is 8.51. The van der Waals surface area contributed by atoms with E-state index in [2.05, 4.69) is 10.6 Å². The number of rotatable bonds is 8. The van der Waals surface area contributed by atoms with Gasteiger partial charge < -0.3 is 15.4 Å². The zero-order chi connectivity index (χ0) is 19.8. The van der Waals surface area contributed by atoms with Crippen molar-refractivity contribution in [2.45, 2.75) is 32.8 Å². The maximum absolute atomic E-state index is 12.3. The van der Waals surface area contributed by atoms with Crippen LogP contribution in [0.15, 0.2) is 48.5 Å². The molecular weight excluding hydrogens is 350 g/mol. The molecule has 0 fully saturated rings. The number of nitro benzene ring substituents is 1. The summed E-state index contributed by atoms with van der Waals surface area (Å²) in [5.74, 6) is -0.120. The zero-order valence-corrected chi connectivity index (χ0v) is 15.1. The predicted molar refractivity (Wildman–Crippen MR) is 102 cm³/mol. The van der Waals surface area contributed by atoms with Gasteiger partial charge in [0.2, 0.25) is 5.91 Å². The highest BCUT2D eigenvalue weighted by Gasteiger charge is 2.16. The normalized spacial score (nSPS) is 11.3. The summed E-state index contributed by atoms with van der Waals surface area (Å²) in [6.07, 6.45) is 0.362. The van der Waals surface area contributed by atoms with Crippen molar-refractivity contribution in [3.05, 3.63) is 58.6 Å². The number of hydrogen-bond acceptors (Lipinski definition) is 5. The topological polar surface area (TPSA) is 111 Å². The minimum absolute atomic E-state index is 0.0543. The molecule has 0 heterocycles. The van der Waals surface area contributed by atoms with Gasteiger partial charge in [-0.1, -0.05) is 13.0 Å². The Bertz CT molecular complexity index is 820. The van der Waals surface area contributed by atoms with Gasteiger partial charge in [0.05, 0.1) is 4.92 Å². The predicted octanol–water partition coefficient (Wildman–Crippen LogP) is 3.74. The van der Waals surface area contributed by atoms with E-state index in [1.54, 1.807) is 31.2 Å². The van der Waals surface area contributed by atoms with Gasteiger partial charge >= 0.3 is 0 Å². The summed E-state index contributed by atoms with van der Waals surface area (Å²) in [5, 5.41) is 16.1. The van der Waals surface area contributed by atoms with Crippen LogP contribution >= 0.6 is 0 Å². The van der Waals surface area contributed by atoms with Gasteiger partial charge in [-0.25, -0.2) is 0 Å². The quantitative estimate of drug-likeness (QED) is 0.542. The fraction of sp³-hybridized carbons (Fsp3) is 0.263. The van der Waals surface area contributed by atoms with Crippen molar-refractivity contribution in [2.24, 2.45) is 0 Å². The summed E-state index contributed by atoms with van der Waals surface area (Å²) < 4.78 is 5.51. The van der Waals surface area contributed by atoms with Gasteiger partial charge in [-0.2, -0.15) is 0 Å². The standard InChI is InChI=1S/C19H21N3O5/c1-3-5-18(23)20-14-6-4-7-15(12-14)21-19(24)13(2)27-17-10-8-16(9-11-17)22(25)26/h4,6-13H,3,5H2,1-2H3,(H,20,23)(H,21,24). The van der Waals surface area contributed by atoms with E-state index in [1.807, 2.05) is 6.92 Å². The van der Waals surface area contributed by atoms with Crippen LogP contribution in [0.3, 0.4) is 0 Å². The summed E-state index contributed by atoms with van der Waals surface area (Å²) in [4.78, 5) is 34.1. The molecule has 2 aromatic carbocycles.